The Hall–Kier alpha value is -3.33. The van der Waals surface area contributed by atoms with Gasteiger partial charge in [0, 0.05) is 11.4 Å². The third-order valence-corrected chi connectivity index (χ3v) is 3.58. The van der Waals surface area contributed by atoms with Gasteiger partial charge in [0.05, 0.1) is 30.3 Å². The van der Waals surface area contributed by atoms with Crippen molar-refractivity contribution in [2.45, 2.75) is 19.8 Å². The van der Waals surface area contributed by atoms with Gasteiger partial charge < -0.3 is 15.4 Å². The molecule has 0 aromatic heterocycles. The van der Waals surface area contributed by atoms with Gasteiger partial charge in [-0.15, -0.1) is 0 Å². The molecule has 0 saturated carbocycles. The molecule has 0 atom stereocenters. The largest absolute Gasteiger partial charge is 0.462 e. The predicted octanol–water partition coefficient (Wildman–Crippen LogP) is 3.57. The molecule has 2 rings (SSSR count). The fourth-order valence-electron chi connectivity index (χ4n) is 2.17. The number of esters is 1. The van der Waals surface area contributed by atoms with Crippen molar-refractivity contribution in [2.24, 2.45) is 0 Å². The first-order valence-electron chi connectivity index (χ1n) is 8.43. The van der Waals surface area contributed by atoms with Crippen LogP contribution in [0.1, 0.15) is 35.7 Å². The number of carbonyl (C=O) groups is 2. The third-order valence-electron chi connectivity index (χ3n) is 3.58. The van der Waals surface area contributed by atoms with Crippen LogP contribution in [-0.2, 0) is 9.53 Å². The van der Waals surface area contributed by atoms with Crippen LogP contribution >= 0.6 is 0 Å². The number of unbranched alkanes of at least 4 members (excludes halogenated alkanes) is 1. The molecule has 134 valence electrons. The van der Waals surface area contributed by atoms with E-state index in [0.717, 1.165) is 12.8 Å². The minimum absolute atomic E-state index is 0.0652. The Balaban J connectivity index is 1.83. The fourth-order valence-corrected chi connectivity index (χ4v) is 2.17. The van der Waals surface area contributed by atoms with Gasteiger partial charge in [-0.2, -0.15) is 5.26 Å². The Morgan fingerprint density at radius 1 is 1.12 bits per heavy atom. The second-order valence-corrected chi connectivity index (χ2v) is 5.66. The van der Waals surface area contributed by atoms with Crippen molar-refractivity contribution in [1.82, 2.24) is 0 Å². The second-order valence-electron chi connectivity index (χ2n) is 5.66. The molecular formula is C20H21N3O3. The number of nitrogens with one attached hydrogen (secondary N) is 2. The molecule has 2 aromatic carbocycles. The molecule has 0 spiro atoms. The summed E-state index contributed by atoms with van der Waals surface area (Å²) in [4.78, 5) is 23.8. The van der Waals surface area contributed by atoms with Crippen molar-refractivity contribution in [3.8, 4) is 6.07 Å². The topological polar surface area (TPSA) is 91.2 Å². The van der Waals surface area contributed by atoms with Crippen LogP contribution in [0.3, 0.4) is 0 Å². The Bertz CT molecular complexity index is 795. The number of benzene rings is 2. The average Bonchev–Trinajstić information content (AvgIpc) is 2.67. The van der Waals surface area contributed by atoms with Crippen molar-refractivity contribution in [2.75, 3.05) is 23.8 Å². The van der Waals surface area contributed by atoms with Gasteiger partial charge in [-0.25, -0.2) is 4.79 Å². The van der Waals surface area contributed by atoms with E-state index in [0.29, 0.717) is 29.1 Å². The molecule has 0 unspecified atom stereocenters. The van der Waals surface area contributed by atoms with Crippen LogP contribution in [0.25, 0.3) is 0 Å². The van der Waals surface area contributed by atoms with Crippen molar-refractivity contribution >= 4 is 23.3 Å². The van der Waals surface area contributed by atoms with Crippen molar-refractivity contribution in [1.29, 1.82) is 5.26 Å². The Morgan fingerprint density at radius 2 is 1.88 bits per heavy atom. The molecule has 1 amide bonds. The van der Waals surface area contributed by atoms with Crippen molar-refractivity contribution in [3.63, 3.8) is 0 Å². The number of hydrogen-bond acceptors (Lipinski definition) is 5. The lowest BCUT2D eigenvalue weighted by Gasteiger charge is -2.09. The summed E-state index contributed by atoms with van der Waals surface area (Å²) in [5.41, 5.74) is 2.26. The molecule has 6 heteroatoms. The van der Waals surface area contributed by atoms with Crippen LogP contribution in [-0.4, -0.2) is 25.0 Å². The van der Waals surface area contributed by atoms with Gasteiger partial charge in [0.25, 0.3) is 0 Å². The summed E-state index contributed by atoms with van der Waals surface area (Å²) in [6.45, 7) is 2.50. The van der Waals surface area contributed by atoms with Gasteiger partial charge in [-0.3, -0.25) is 4.79 Å². The number of ether oxygens (including phenoxy) is 1. The maximum atomic E-state index is 12.0. The first-order valence-corrected chi connectivity index (χ1v) is 8.43. The SMILES string of the molecule is CCCCOC(=O)c1ccc(NC(=O)CNc2cccc(C#N)c2)cc1. The van der Waals surface area contributed by atoms with Gasteiger partial charge >= 0.3 is 5.97 Å². The molecule has 0 aliphatic carbocycles. The maximum Gasteiger partial charge on any atom is 0.338 e. The molecule has 0 heterocycles. The lowest BCUT2D eigenvalue weighted by atomic mass is 10.2. The minimum atomic E-state index is -0.365. The van der Waals surface area contributed by atoms with Gasteiger partial charge in [0.15, 0.2) is 0 Å². The smallest absolute Gasteiger partial charge is 0.338 e. The summed E-state index contributed by atoms with van der Waals surface area (Å²) in [5, 5.41) is 14.6. The van der Waals surface area contributed by atoms with E-state index in [1.54, 1.807) is 48.5 Å². The van der Waals surface area contributed by atoms with E-state index in [4.69, 9.17) is 10.00 Å². The van der Waals surface area contributed by atoms with E-state index >= 15 is 0 Å². The zero-order valence-corrected chi connectivity index (χ0v) is 14.6. The Kier molecular flexibility index (Phi) is 7.19. The molecule has 0 aliphatic heterocycles. The summed E-state index contributed by atoms with van der Waals surface area (Å²) in [5.74, 6) is -0.596. The molecular weight excluding hydrogens is 330 g/mol. The van der Waals surface area contributed by atoms with Gasteiger partial charge in [-0.05, 0) is 48.9 Å². The van der Waals surface area contributed by atoms with E-state index in [1.165, 1.54) is 0 Å². The number of anilines is 2. The highest BCUT2D eigenvalue weighted by Crippen LogP contribution is 2.12. The summed E-state index contributed by atoms with van der Waals surface area (Å²) in [7, 11) is 0. The van der Waals surface area contributed by atoms with Crippen molar-refractivity contribution in [3.05, 3.63) is 59.7 Å². The first-order chi connectivity index (χ1) is 12.6. The highest BCUT2D eigenvalue weighted by Gasteiger charge is 2.08. The van der Waals surface area contributed by atoms with Crippen LogP contribution < -0.4 is 10.6 Å². The first kappa shape index (κ1) is 19.0. The summed E-state index contributed by atoms with van der Waals surface area (Å²) in [6.07, 6.45) is 1.80. The van der Waals surface area contributed by atoms with E-state index in [2.05, 4.69) is 10.6 Å². The number of rotatable bonds is 8. The lowest BCUT2D eigenvalue weighted by Crippen LogP contribution is -2.21. The van der Waals surface area contributed by atoms with Crippen LogP contribution in [0.4, 0.5) is 11.4 Å². The zero-order chi connectivity index (χ0) is 18.8. The number of nitrogens with zero attached hydrogens (tertiary/aromatic N) is 1. The van der Waals surface area contributed by atoms with Crippen LogP contribution in [0.15, 0.2) is 48.5 Å². The number of hydrogen-bond donors (Lipinski definition) is 2. The molecule has 0 fully saturated rings. The average molecular weight is 351 g/mol. The standard InChI is InChI=1S/C20H21N3O3/c1-2-3-11-26-20(25)16-7-9-17(10-8-16)23-19(24)14-22-18-6-4-5-15(12-18)13-21/h4-10,12,22H,2-3,11,14H2,1H3,(H,23,24). The summed E-state index contributed by atoms with van der Waals surface area (Å²) in [6, 6.07) is 15.5. The maximum absolute atomic E-state index is 12.0. The van der Waals surface area contributed by atoms with Gasteiger partial charge in [0.1, 0.15) is 0 Å². The molecule has 0 bridgehead atoms. The fraction of sp³-hybridized carbons (Fsp3) is 0.250. The quantitative estimate of drug-likeness (QED) is 0.560. The predicted molar refractivity (Wildman–Crippen MR) is 99.9 cm³/mol. The summed E-state index contributed by atoms with van der Waals surface area (Å²) < 4.78 is 5.14. The monoisotopic (exact) mass is 351 g/mol. The normalized spacial score (nSPS) is 9.85. The van der Waals surface area contributed by atoms with Gasteiger partial charge in [0.2, 0.25) is 5.91 Å². The molecule has 2 aromatic rings. The van der Waals surface area contributed by atoms with E-state index in [9.17, 15) is 9.59 Å². The van der Waals surface area contributed by atoms with Crippen molar-refractivity contribution < 1.29 is 14.3 Å². The van der Waals surface area contributed by atoms with E-state index in [-0.39, 0.29) is 18.4 Å². The van der Waals surface area contributed by atoms with E-state index < -0.39 is 0 Å². The second kappa shape index (κ2) is 9.84. The molecule has 0 saturated heterocycles. The molecule has 26 heavy (non-hydrogen) atoms. The van der Waals surface area contributed by atoms with Gasteiger partial charge in [-0.1, -0.05) is 19.4 Å². The zero-order valence-electron chi connectivity index (χ0n) is 14.6. The minimum Gasteiger partial charge on any atom is -0.462 e. The third kappa shape index (κ3) is 5.95. The van der Waals surface area contributed by atoms with E-state index in [1.807, 2.05) is 13.0 Å². The molecule has 0 radical (unpaired) electrons. The number of carbonyl (C=O) groups excluding carboxylic acids is 2. The Morgan fingerprint density at radius 3 is 2.58 bits per heavy atom. The van der Waals surface area contributed by atoms with Crippen LogP contribution in [0, 0.1) is 11.3 Å². The van der Waals surface area contributed by atoms with Crippen LogP contribution in [0.2, 0.25) is 0 Å². The Labute approximate surface area is 152 Å². The molecule has 0 aliphatic rings. The highest BCUT2D eigenvalue weighted by atomic mass is 16.5. The molecule has 2 N–H and O–H groups in total. The lowest BCUT2D eigenvalue weighted by molar-refractivity contribution is -0.114. The highest BCUT2D eigenvalue weighted by molar-refractivity contribution is 5.95. The van der Waals surface area contributed by atoms with Crippen LogP contribution in [0.5, 0.6) is 0 Å². The summed E-state index contributed by atoms with van der Waals surface area (Å²) >= 11 is 0. The molecule has 6 nitrogen and oxygen atoms in total. The number of amides is 1. The number of nitriles is 1.